The van der Waals surface area contributed by atoms with Crippen LogP contribution in [0.1, 0.15) is 27.7 Å². The first-order chi connectivity index (χ1) is 16.0. The molecule has 1 aliphatic rings. The van der Waals surface area contributed by atoms with Gasteiger partial charge in [-0.3, -0.25) is 14.5 Å². The van der Waals surface area contributed by atoms with E-state index in [-0.39, 0.29) is 22.3 Å². The highest BCUT2D eigenvalue weighted by molar-refractivity contribution is 7.13. The van der Waals surface area contributed by atoms with Crippen molar-refractivity contribution in [3.05, 3.63) is 74.8 Å². The molecule has 1 unspecified atom stereocenters. The van der Waals surface area contributed by atoms with Crippen molar-refractivity contribution >= 4 is 33.3 Å². The first-order valence-corrected chi connectivity index (χ1v) is 10.7. The number of carbonyl (C=O) groups is 1. The van der Waals surface area contributed by atoms with Crippen molar-refractivity contribution < 1.29 is 27.8 Å². The summed E-state index contributed by atoms with van der Waals surface area (Å²) < 4.78 is 36.1. The van der Waals surface area contributed by atoms with Crippen LogP contribution in [0.25, 0.3) is 11.0 Å². The van der Waals surface area contributed by atoms with Crippen LogP contribution < -0.4 is 24.5 Å². The number of carbonyl (C=O) groups excluding carboxylic acids is 1. The molecular formula is C23H17FN2O6S. The number of anilines is 1. The van der Waals surface area contributed by atoms with Crippen molar-refractivity contribution in [1.82, 2.24) is 4.98 Å². The van der Waals surface area contributed by atoms with Gasteiger partial charge in [-0.1, -0.05) is 0 Å². The van der Waals surface area contributed by atoms with Crippen molar-refractivity contribution in [2.75, 3.05) is 26.2 Å². The number of thiazole rings is 1. The van der Waals surface area contributed by atoms with Gasteiger partial charge in [0.15, 0.2) is 22.1 Å². The zero-order valence-corrected chi connectivity index (χ0v) is 18.6. The standard InChI is InChI=1S/C23H17FN2O6S/c1-29-15-8-11(9-16(30-2)20(15)31-3)18-17-19(27)13-10-12(24)4-5-14(13)32-21(17)22(28)26(18)23-25-6-7-33-23/h4-10,18H,1-3H3. The first-order valence-electron chi connectivity index (χ1n) is 9.77. The Labute approximate surface area is 190 Å². The number of fused-ring (bicyclic) bond motifs is 2. The predicted octanol–water partition coefficient (Wildman–Crippen LogP) is 4.16. The number of benzene rings is 2. The summed E-state index contributed by atoms with van der Waals surface area (Å²) in [5, 5.41) is 2.14. The maximum absolute atomic E-state index is 13.9. The first kappa shape index (κ1) is 21.0. The lowest BCUT2D eigenvalue weighted by molar-refractivity contribution is 0.0971. The Morgan fingerprint density at radius 2 is 1.79 bits per heavy atom. The number of hydrogen-bond donors (Lipinski definition) is 0. The van der Waals surface area contributed by atoms with E-state index in [1.807, 2.05) is 0 Å². The summed E-state index contributed by atoms with van der Waals surface area (Å²) in [6.45, 7) is 0. The summed E-state index contributed by atoms with van der Waals surface area (Å²) >= 11 is 1.24. The lowest BCUT2D eigenvalue weighted by Gasteiger charge is -2.24. The molecule has 2 aromatic heterocycles. The molecule has 168 valence electrons. The summed E-state index contributed by atoms with van der Waals surface area (Å²) in [6.07, 6.45) is 1.56. The predicted molar refractivity (Wildman–Crippen MR) is 119 cm³/mol. The summed E-state index contributed by atoms with van der Waals surface area (Å²) in [5.74, 6) is -0.164. The Hall–Kier alpha value is -3.92. The number of ether oxygens (including phenoxy) is 3. The normalized spacial score (nSPS) is 15.1. The molecule has 0 N–H and O–H groups in total. The fourth-order valence-electron chi connectivity index (χ4n) is 4.05. The number of amides is 1. The monoisotopic (exact) mass is 468 g/mol. The van der Waals surface area contributed by atoms with Gasteiger partial charge in [-0.05, 0) is 35.9 Å². The molecule has 10 heteroatoms. The molecule has 1 atom stereocenters. The third kappa shape index (κ3) is 3.13. The van der Waals surface area contributed by atoms with E-state index in [9.17, 15) is 14.0 Å². The van der Waals surface area contributed by atoms with Gasteiger partial charge < -0.3 is 18.6 Å². The van der Waals surface area contributed by atoms with Gasteiger partial charge in [0.2, 0.25) is 11.5 Å². The van der Waals surface area contributed by atoms with Gasteiger partial charge in [0.25, 0.3) is 5.91 Å². The van der Waals surface area contributed by atoms with E-state index in [0.717, 1.165) is 6.07 Å². The van der Waals surface area contributed by atoms with E-state index in [2.05, 4.69) is 4.98 Å². The van der Waals surface area contributed by atoms with Gasteiger partial charge in [-0.15, -0.1) is 11.3 Å². The van der Waals surface area contributed by atoms with Crippen molar-refractivity contribution in [1.29, 1.82) is 0 Å². The highest BCUT2D eigenvalue weighted by Gasteiger charge is 2.45. The summed E-state index contributed by atoms with van der Waals surface area (Å²) in [6, 6.07) is 6.02. The van der Waals surface area contributed by atoms with Crippen LogP contribution in [0.5, 0.6) is 17.2 Å². The fraction of sp³-hybridized carbons (Fsp3) is 0.174. The maximum Gasteiger partial charge on any atom is 0.297 e. The third-order valence-corrected chi connectivity index (χ3v) is 6.23. The van der Waals surface area contributed by atoms with Crippen molar-refractivity contribution in [2.45, 2.75) is 6.04 Å². The number of aromatic nitrogens is 1. The lowest BCUT2D eigenvalue weighted by atomic mass is 9.98. The molecule has 1 amide bonds. The maximum atomic E-state index is 13.9. The van der Waals surface area contributed by atoms with Gasteiger partial charge >= 0.3 is 0 Å². The van der Waals surface area contributed by atoms with Crippen LogP contribution in [-0.2, 0) is 0 Å². The smallest absolute Gasteiger partial charge is 0.297 e. The summed E-state index contributed by atoms with van der Waals surface area (Å²) in [5.41, 5.74) is 0.215. The quantitative estimate of drug-likeness (QED) is 0.434. The molecular weight excluding hydrogens is 451 g/mol. The molecule has 0 aliphatic carbocycles. The zero-order valence-electron chi connectivity index (χ0n) is 17.7. The van der Waals surface area contributed by atoms with Crippen LogP contribution in [0, 0.1) is 5.82 Å². The van der Waals surface area contributed by atoms with Crippen molar-refractivity contribution in [2.24, 2.45) is 0 Å². The highest BCUT2D eigenvalue weighted by atomic mass is 32.1. The van der Waals surface area contributed by atoms with E-state index < -0.39 is 23.2 Å². The number of hydrogen-bond acceptors (Lipinski definition) is 8. The molecule has 3 heterocycles. The minimum atomic E-state index is -0.906. The van der Waals surface area contributed by atoms with Crippen molar-refractivity contribution in [3.8, 4) is 17.2 Å². The Balaban J connectivity index is 1.84. The SMILES string of the molecule is COc1cc(C2c3c(oc4ccc(F)cc4c3=O)C(=O)N2c2nccs2)cc(OC)c1OC. The molecule has 1 aliphatic heterocycles. The van der Waals surface area contributed by atoms with Crippen LogP contribution in [0.2, 0.25) is 0 Å². The second-order valence-electron chi connectivity index (χ2n) is 7.17. The summed E-state index contributed by atoms with van der Waals surface area (Å²) in [7, 11) is 4.42. The summed E-state index contributed by atoms with van der Waals surface area (Å²) in [4.78, 5) is 32.7. The number of methoxy groups -OCH3 is 3. The molecule has 33 heavy (non-hydrogen) atoms. The lowest BCUT2D eigenvalue weighted by Crippen LogP contribution is -2.29. The molecule has 0 radical (unpaired) electrons. The number of nitrogens with zero attached hydrogens (tertiary/aromatic N) is 2. The second-order valence-corrected chi connectivity index (χ2v) is 8.04. The second kappa shape index (κ2) is 7.89. The molecule has 0 saturated heterocycles. The van der Waals surface area contributed by atoms with Gasteiger partial charge in [0.05, 0.1) is 38.3 Å². The topological polar surface area (TPSA) is 91.1 Å². The Morgan fingerprint density at radius 3 is 2.39 bits per heavy atom. The van der Waals surface area contributed by atoms with Gasteiger partial charge in [0, 0.05) is 11.6 Å². The van der Waals surface area contributed by atoms with Crippen LogP contribution in [0.3, 0.4) is 0 Å². The van der Waals surface area contributed by atoms with E-state index in [1.165, 1.54) is 49.7 Å². The van der Waals surface area contributed by atoms with E-state index >= 15 is 0 Å². The number of rotatable bonds is 5. The van der Waals surface area contributed by atoms with Crippen LogP contribution >= 0.6 is 11.3 Å². The van der Waals surface area contributed by atoms with Gasteiger partial charge in [-0.2, -0.15) is 0 Å². The molecule has 0 spiro atoms. The van der Waals surface area contributed by atoms with Crippen LogP contribution in [0.4, 0.5) is 9.52 Å². The van der Waals surface area contributed by atoms with Crippen molar-refractivity contribution in [3.63, 3.8) is 0 Å². The zero-order chi connectivity index (χ0) is 23.3. The molecule has 0 bridgehead atoms. The minimum absolute atomic E-state index is 0.0416. The third-order valence-electron chi connectivity index (χ3n) is 5.46. The Bertz CT molecular complexity index is 1420. The number of halogens is 1. The minimum Gasteiger partial charge on any atom is -0.493 e. The average Bonchev–Trinajstić information content (AvgIpc) is 3.45. The molecule has 4 aromatic rings. The van der Waals surface area contributed by atoms with E-state index in [4.69, 9.17) is 18.6 Å². The molecule has 8 nitrogen and oxygen atoms in total. The molecule has 0 fully saturated rings. The van der Waals surface area contributed by atoms with Crippen LogP contribution in [-0.4, -0.2) is 32.2 Å². The molecule has 5 rings (SSSR count). The fourth-order valence-corrected chi connectivity index (χ4v) is 4.72. The Kier molecular flexibility index (Phi) is 5.01. The average molecular weight is 468 g/mol. The van der Waals surface area contributed by atoms with E-state index in [1.54, 1.807) is 23.7 Å². The van der Waals surface area contributed by atoms with Crippen LogP contribution in [0.15, 0.2) is 51.1 Å². The largest absolute Gasteiger partial charge is 0.493 e. The van der Waals surface area contributed by atoms with E-state index in [0.29, 0.717) is 27.9 Å². The molecule has 2 aromatic carbocycles. The van der Waals surface area contributed by atoms with Gasteiger partial charge in [-0.25, -0.2) is 9.37 Å². The molecule has 0 saturated carbocycles. The Morgan fingerprint density at radius 1 is 1.06 bits per heavy atom. The highest BCUT2D eigenvalue weighted by Crippen LogP contribution is 2.46. The van der Waals surface area contributed by atoms with Gasteiger partial charge in [0.1, 0.15) is 11.4 Å².